The molecule has 308 valence electrons. The van der Waals surface area contributed by atoms with Crippen molar-refractivity contribution >= 4 is 0 Å². The molecule has 0 atom stereocenters. The van der Waals surface area contributed by atoms with E-state index in [2.05, 4.69) is 4.74 Å². The summed E-state index contributed by atoms with van der Waals surface area (Å²) < 4.78 is 139. The Hall–Kier alpha value is -4.81. The third-order valence-electron chi connectivity index (χ3n) is 11.1. The molecule has 0 N–H and O–H groups in total. The van der Waals surface area contributed by atoms with Gasteiger partial charge in [0.15, 0.2) is 29.0 Å². The Morgan fingerprint density at radius 2 is 0.776 bits per heavy atom. The Balaban J connectivity index is 1.10. The van der Waals surface area contributed by atoms with Gasteiger partial charge >= 0.3 is 6.11 Å². The molecular formula is C45H43F7O6. The molecule has 5 aliphatic carbocycles. The van der Waals surface area contributed by atoms with Gasteiger partial charge in [0.2, 0.25) is 17.2 Å². The molecule has 0 unspecified atom stereocenters. The fourth-order valence-corrected chi connectivity index (χ4v) is 6.64. The SMILES string of the molecule is Fc1cc(OC(F)(F)c2c(F)cc(-c3ccc(-c4c(OCC5CC5)c(OCC5CC5)c(OCC5CC5)c(OCC5CC5)c4OCC4CC4)cc3)cc2F)cc(F)c1F. The van der Waals surface area contributed by atoms with Crippen molar-refractivity contribution in [3.05, 3.63) is 83.2 Å². The number of hydrogen-bond acceptors (Lipinski definition) is 6. The maximum Gasteiger partial charge on any atom is 0.432 e. The highest BCUT2D eigenvalue weighted by Gasteiger charge is 2.42. The number of alkyl halides is 2. The Morgan fingerprint density at radius 3 is 1.16 bits per heavy atom. The van der Waals surface area contributed by atoms with Crippen molar-refractivity contribution in [2.75, 3.05) is 33.0 Å². The molecule has 0 heterocycles. The van der Waals surface area contributed by atoms with Crippen LogP contribution < -0.4 is 28.4 Å². The number of ether oxygens (including phenoxy) is 6. The van der Waals surface area contributed by atoms with Crippen LogP contribution in [0.5, 0.6) is 34.5 Å². The minimum absolute atomic E-state index is 0.0684. The molecule has 5 fully saturated rings. The summed E-state index contributed by atoms with van der Waals surface area (Å²) in [4.78, 5) is 0. The van der Waals surface area contributed by atoms with E-state index in [0.29, 0.717) is 120 Å². The van der Waals surface area contributed by atoms with Gasteiger partial charge in [0.1, 0.15) is 22.9 Å². The van der Waals surface area contributed by atoms with Crippen LogP contribution in [0.4, 0.5) is 30.7 Å². The highest BCUT2D eigenvalue weighted by molar-refractivity contribution is 5.87. The number of rotatable bonds is 20. The van der Waals surface area contributed by atoms with Crippen LogP contribution in [0.3, 0.4) is 0 Å². The minimum Gasteiger partial charge on any atom is -0.488 e. The lowest BCUT2D eigenvalue weighted by Gasteiger charge is -2.26. The van der Waals surface area contributed by atoms with Crippen LogP contribution in [-0.4, -0.2) is 33.0 Å². The second-order valence-corrected chi connectivity index (χ2v) is 16.5. The maximum atomic E-state index is 15.4. The second-order valence-electron chi connectivity index (χ2n) is 16.5. The van der Waals surface area contributed by atoms with Crippen molar-refractivity contribution < 1.29 is 59.2 Å². The highest BCUT2D eigenvalue weighted by atomic mass is 19.3. The van der Waals surface area contributed by atoms with Crippen LogP contribution in [0.1, 0.15) is 69.8 Å². The molecule has 58 heavy (non-hydrogen) atoms. The van der Waals surface area contributed by atoms with Crippen molar-refractivity contribution in [3.63, 3.8) is 0 Å². The van der Waals surface area contributed by atoms with Crippen LogP contribution in [0, 0.1) is 58.7 Å². The molecule has 9 rings (SSSR count). The summed E-state index contributed by atoms with van der Waals surface area (Å²) in [6.07, 6.45) is 5.93. The van der Waals surface area contributed by atoms with Crippen LogP contribution in [0.2, 0.25) is 0 Å². The summed E-state index contributed by atoms with van der Waals surface area (Å²) in [6.45, 7) is 2.39. The topological polar surface area (TPSA) is 55.4 Å². The van der Waals surface area contributed by atoms with E-state index in [0.717, 1.165) is 64.2 Å². The van der Waals surface area contributed by atoms with Gasteiger partial charge in [0, 0.05) is 12.1 Å². The first-order valence-corrected chi connectivity index (χ1v) is 20.2. The summed E-state index contributed by atoms with van der Waals surface area (Å²) in [7, 11) is 0. The highest BCUT2D eigenvalue weighted by Crippen LogP contribution is 2.59. The lowest BCUT2D eigenvalue weighted by molar-refractivity contribution is -0.189. The Kier molecular flexibility index (Phi) is 10.5. The molecular weight excluding hydrogens is 769 g/mol. The average Bonchev–Trinajstić information content (AvgIpc) is 3.96. The van der Waals surface area contributed by atoms with Crippen molar-refractivity contribution in [2.24, 2.45) is 29.6 Å². The largest absolute Gasteiger partial charge is 0.488 e. The first-order chi connectivity index (χ1) is 28.0. The van der Waals surface area contributed by atoms with Gasteiger partial charge in [-0.05, 0) is 123 Å². The molecule has 6 nitrogen and oxygen atoms in total. The Labute approximate surface area is 331 Å². The van der Waals surface area contributed by atoms with Gasteiger partial charge < -0.3 is 28.4 Å². The molecule has 0 spiro atoms. The first kappa shape index (κ1) is 38.7. The molecule has 5 aliphatic rings. The molecule has 4 aromatic carbocycles. The van der Waals surface area contributed by atoms with Crippen LogP contribution in [0.15, 0.2) is 48.5 Å². The van der Waals surface area contributed by atoms with Crippen LogP contribution >= 0.6 is 0 Å². The molecule has 4 aromatic rings. The molecule has 13 heteroatoms. The third kappa shape index (κ3) is 8.93. The number of halogens is 7. The number of hydrogen-bond donors (Lipinski definition) is 0. The van der Waals surface area contributed by atoms with Crippen LogP contribution in [0.25, 0.3) is 22.3 Å². The van der Waals surface area contributed by atoms with E-state index in [-0.39, 0.29) is 17.7 Å². The van der Waals surface area contributed by atoms with Gasteiger partial charge in [0.25, 0.3) is 0 Å². The molecule has 0 saturated heterocycles. The second kappa shape index (κ2) is 15.7. The Bertz CT molecular complexity index is 2050. The van der Waals surface area contributed by atoms with Crippen molar-refractivity contribution in [3.8, 4) is 56.8 Å². The molecule has 5 saturated carbocycles. The van der Waals surface area contributed by atoms with E-state index in [9.17, 15) is 13.2 Å². The summed E-state index contributed by atoms with van der Waals surface area (Å²) in [6, 6.07) is 8.41. The van der Waals surface area contributed by atoms with E-state index in [1.165, 1.54) is 0 Å². The molecule has 0 aromatic heterocycles. The predicted molar refractivity (Wildman–Crippen MR) is 199 cm³/mol. The quantitative estimate of drug-likeness (QED) is 0.0654. The van der Waals surface area contributed by atoms with Gasteiger partial charge in [0.05, 0.1) is 38.6 Å². The molecule has 0 bridgehead atoms. The van der Waals surface area contributed by atoms with E-state index >= 15 is 17.6 Å². The fourth-order valence-electron chi connectivity index (χ4n) is 6.64. The van der Waals surface area contributed by atoms with Gasteiger partial charge in [-0.2, -0.15) is 8.78 Å². The van der Waals surface area contributed by atoms with E-state index in [1.54, 1.807) is 24.3 Å². The van der Waals surface area contributed by atoms with Gasteiger partial charge in [-0.1, -0.05) is 24.3 Å². The van der Waals surface area contributed by atoms with Gasteiger partial charge in [-0.15, -0.1) is 0 Å². The normalized spacial score (nSPS) is 17.9. The summed E-state index contributed by atoms with van der Waals surface area (Å²) in [5, 5.41) is 0. The van der Waals surface area contributed by atoms with Crippen LogP contribution in [-0.2, 0) is 6.11 Å². The predicted octanol–water partition coefficient (Wildman–Crippen LogP) is 11.8. The zero-order valence-corrected chi connectivity index (χ0v) is 31.7. The van der Waals surface area contributed by atoms with Gasteiger partial charge in [-0.25, -0.2) is 22.0 Å². The van der Waals surface area contributed by atoms with Gasteiger partial charge in [-0.3, -0.25) is 0 Å². The summed E-state index contributed by atoms with van der Waals surface area (Å²) in [5.74, 6) is -5.61. The standard InChI is InChI=1S/C45H43F7O6/c46-33-15-31(16-34(47)38(33)45(51,52)58-32-17-35(48)39(50)36(49)18-32)29-11-13-30(14-12-29)37-40(53-19-24-1-2-24)42(55-21-26-5-6-26)44(57-23-28-9-10-28)43(56-22-27-7-8-27)41(37)54-20-25-3-4-25/h11-18,24-28H,1-10,19-23H2. The summed E-state index contributed by atoms with van der Waals surface area (Å²) in [5.41, 5.74) is -0.324. The Morgan fingerprint density at radius 1 is 0.431 bits per heavy atom. The fraction of sp³-hybridized carbons (Fsp3) is 0.467. The minimum atomic E-state index is -4.71. The third-order valence-corrected chi connectivity index (χ3v) is 11.1. The van der Waals surface area contributed by atoms with E-state index in [1.807, 2.05) is 0 Å². The smallest absolute Gasteiger partial charge is 0.432 e. The molecule has 0 aliphatic heterocycles. The van der Waals surface area contributed by atoms with Crippen molar-refractivity contribution in [2.45, 2.75) is 70.3 Å². The zero-order chi connectivity index (χ0) is 40.1. The summed E-state index contributed by atoms with van der Waals surface area (Å²) >= 11 is 0. The lowest BCUT2D eigenvalue weighted by Crippen LogP contribution is -2.25. The van der Waals surface area contributed by atoms with E-state index in [4.69, 9.17) is 23.7 Å². The van der Waals surface area contributed by atoms with Crippen molar-refractivity contribution in [1.29, 1.82) is 0 Å². The maximum absolute atomic E-state index is 15.4. The van der Waals surface area contributed by atoms with Crippen molar-refractivity contribution in [1.82, 2.24) is 0 Å². The average molecular weight is 813 g/mol. The van der Waals surface area contributed by atoms with E-state index < -0.39 is 46.5 Å². The zero-order valence-electron chi connectivity index (χ0n) is 31.7. The number of benzene rings is 4. The molecule has 0 amide bonds. The first-order valence-electron chi connectivity index (χ1n) is 20.2. The lowest BCUT2D eigenvalue weighted by atomic mass is 9.97. The monoisotopic (exact) mass is 812 g/mol. The molecule has 0 radical (unpaired) electrons.